The maximum absolute atomic E-state index is 14.3. The number of benzene rings is 1. The molecule has 1 aliphatic carbocycles. The largest absolute Gasteiger partial charge is 0.481 e. The summed E-state index contributed by atoms with van der Waals surface area (Å²) < 4.78 is 14.6. The summed E-state index contributed by atoms with van der Waals surface area (Å²) in [5.74, 6) is -1.32. The molecule has 1 fully saturated rings. The van der Waals surface area contributed by atoms with E-state index in [9.17, 15) is 14.3 Å². The Labute approximate surface area is 114 Å². The summed E-state index contributed by atoms with van der Waals surface area (Å²) in [7, 11) is 0. The smallest absolute Gasteiger partial charge is 0.314 e. The van der Waals surface area contributed by atoms with Crippen LogP contribution < -0.4 is 0 Å². The van der Waals surface area contributed by atoms with Crippen LogP contribution in [0.3, 0.4) is 0 Å². The molecule has 1 aromatic rings. The summed E-state index contributed by atoms with van der Waals surface area (Å²) in [6.45, 7) is 1.98. The molecule has 98 valence electrons. The molecule has 18 heavy (non-hydrogen) atoms. The van der Waals surface area contributed by atoms with E-state index in [4.69, 9.17) is 0 Å². The number of halogens is 2. The molecule has 0 heterocycles. The van der Waals surface area contributed by atoms with Gasteiger partial charge in [-0.3, -0.25) is 4.79 Å². The lowest BCUT2D eigenvalue weighted by molar-refractivity contribution is -0.143. The molecule has 0 bridgehead atoms. The second-order valence-corrected chi connectivity index (χ2v) is 5.74. The molecule has 0 spiro atoms. The molecule has 0 aliphatic heterocycles. The Hall–Kier alpha value is -0.900. The van der Waals surface area contributed by atoms with Crippen molar-refractivity contribution in [1.29, 1.82) is 0 Å². The number of rotatable bonds is 3. The molecule has 1 aliphatic rings. The van der Waals surface area contributed by atoms with Gasteiger partial charge in [-0.25, -0.2) is 4.39 Å². The molecule has 2 nitrogen and oxygen atoms in total. The molecular weight excluding hydrogens is 299 g/mol. The van der Waals surface area contributed by atoms with E-state index in [1.165, 1.54) is 0 Å². The van der Waals surface area contributed by atoms with Crippen molar-refractivity contribution in [3.63, 3.8) is 0 Å². The van der Waals surface area contributed by atoms with Crippen molar-refractivity contribution in [3.05, 3.63) is 33.5 Å². The van der Waals surface area contributed by atoms with Crippen molar-refractivity contribution in [2.75, 3.05) is 0 Å². The fourth-order valence-corrected chi connectivity index (χ4v) is 3.28. The highest BCUT2D eigenvalue weighted by Crippen LogP contribution is 2.44. The van der Waals surface area contributed by atoms with Gasteiger partial charge < -0.3 is 5.11 Å². The lowest BCUT2D eigenvalue weighted by atomic mass is 9.78. The fraction of sp³-hybridized carbons (Fsp3) is 0.500. The maximum atomic E-state index is 14.3. The lowest BCUT2D eigenvalue weighted by Crippen LogP contribution is -2.33. The first-order chi connectivity index (χ1) is 8.51. The molecule has 1 N–H and O–H groups in total. The minimum atomic E-state index is -1.03. The van der Waals surface area contributed by atoms with E-state index in [1.54, 1.807) is 12.1 Å². The first-order valence-corrected chi connectivity index (χ1v) is 7.02. The summed E-state index contributed by atoms with van der Waals surface area (Å²) in [6, 6.07) is 3.45. The quantitative estimate of drug-likeness (QED) is 0.914. The van der Waals surface area contributed by atoms with Crippen LogP contribution >= 0.6 is 15.9 Å². The Morgan fingerprint density at radius 3 is 2.56 bits per heavy atom. The molecule has 0 radical (unpaired) electrons. The molecule has 4 heteroatoms. The summed E-state index contributed by atoms with van der Waals surface area (Å²) in [5.41, 5.74) is 0.280. The van der Waals surface area contributed by atoms with Crippen molar-refractivity contribution in [2.24, 2.45) is 0 Å². The van der Waals surface area contributed by atoms with Crippen molar-refractivity contribution < 1.29 is 14.3 Å². The summed E-state index contributed by atoms with van der Waals surface area (Å²) in [5, 5.41) is 9.51. The number of hydrogen-bond acceptors (Lipinski definition) is 1. The first-order valence-electron chi connectivity index (χ1n) is 6.23. The van der Waals surface area contributed by atoms with Crippen molar-refractivity contribution in [3.8, 4) is 0 Å². The van der Waals surface area contributed by atoms with Crippen LogP contribution in [0.15, 0.2) is 16.6 Å². The first kappa shape index (κ1) is 13.5. The molecule has 1 saturated carbocycles. The van der Waals surface area contributed by atoms with Crippen molar-refractivity contribution in [2.45, 2.75) is 44.4 Å². The number of hydrogen-bond donors (Lipinski definition) is 1. The normalized spacial score (nSPS) is 17.9. The third-order valence-electron chi connectivity index (χ3n) is 3.88. The van der Waals surface area contributed by atoms with Crippen LogP contribution in [0.5, 0.6) is 0 Å². The van der Waals surface area contributed by atoms with Crippen LogP contribution in [0.1, 0.15) is 43.7 Å². The third kappa shape index (κ3) is 2.07. The Bertz CT molecular complexity index is 479. The van der Waals surface area contributed by atoms with E-state index in [0.29, 0.717) is 22.9 Å². The van der Waals surface area contributed by atoms with Gasteiger partial charge in [-0.2, -0.15) is 0 Å². The standard InChI is InChI=1S/C14H16BrFO2/c1-2-9-7-10(12(16)11(15)8-9)14(13(17)18)5-3-4-6-14/h7-8H,2-6H2,1H3,(H,17,18). The van der Waals surface area contributed by atoms with E-state index in [1.807, 2.05) is 6.92 Å². The zero-order valence-electron chi connectivity index (χ0n) is 10.3. The molecule has 0 atom stereocenters. The number of carboxylic acids is 1. The highest BCUT2D eigenvalue weighted by atomic mass is 79.9. The van der Waals surface area contributed by atoms with Crippen LogP contribution in [0.25, 0.3) is 0 Å². The Morgan fingerprint density at radius 2 is 2.06 bits per heavy atom. The van der Waals surface area contributed by atoms with Gasteiger partial charge in [0.2, 0.25) is 0 Å². The number of carboxylic acid groups (broad SMARTS) is 1. The number of carbonyl (C=O) groups is 1. The molecule has 1 aromatic carbocycles. The molecule has 0 aromatic heterocycles. The average Bonchev–Trinajstić information content (AvgIpc) is 2.82. The van der Waals surface area contributed by atoms with Gasteiger partial charge in [-0.1, -0.05) is 25.8 Å². The molecule has 0 amide bonds. The third-order valence-corrected chi connectivity index (χ3v) is 4.46. The van der Waals surface area contributed by atoms with Gasteiger partial charge in [-0.15, -0.1) is 0 Å². The monoisotopic (exact) mass is 314 g/mol. The minimum Gasteiger partial charge on any atom is -0.481 e. The van der Waals surface area contributed by atoms with Gasteiger partial charge in [0.1, 0.15) is 5.82 Å². The van der Waals surface area contributed by atoms with Crippen LogP contribution in [-0.4, -0.2) is 11.1 Å². The molecule has 2 rings (SSSR count). The van der Waals surface area contributed by atoms with Crippen molar-refractivity contribution in [1.82, 2.24) is 0 Å². The Kier molecular flexibility index (Phi) is 3.76. The predicted molar refractivity (Wildman–Crippen MR) is 71.3 cm³/mol. The van der Waals surface area contributed by atoms with Crippen LogP contribution in [0.4, 0.5) is 4.39 Å². The lowest BCUT2D eigenvalue weighted by Gasteiger charge is -2.26. The Balaban J connectivity index is 2.61. The summed E-state index contributed by atoms with van der Waals surface area (Å²) in [4.78, 5) is 11.6. The zero-order chi connectivity index (χ0) is 13.3. The van der Waals surface area contributed by atoms with E-state index in [2.05, 4.69) is 15.9 Å². The number of aliphatic carboxylic acids is 1. The maximum Gasteiger partial charge on any atom is 0.314 e. The average molecular weight is 315 g/mol. The molecule has 0 unspecified atom stereocenters. The van der Waals surface area contributed by atoms with Gasteiger partial charge in [0, 0.05) is 5.56 Å². The van der Waals surface area contributed by atoms with Crippen molar-refractivity contribution >= 4 is 21.9 Å². The van der Waals surface area contributed by atoms with E-state index in [-0.39, 0.29) is 0 Å². The molecular formula is C14H16BrFO2. The number of aryl methyl sites for hydroxylation is 1. The van der Waals surface area contributed by atoms with Crippen LogP contribution in [-0.2, 0) is 16.6 Å². The van der Waals surface area contributed by atoms with Crippen LogP contribution in [0, 0.1) is 5.82 Å². The van der Waals surface area contributed by atoms with Gasteiger partial charge >= 0.3 is 5.97 Å². The minimum absolute atomic E-state index is 0.346. The SMILES string of the molecule is CCc1cc(Br)c(F)c(C2(C(=O)O)CCCC2)c1. The van der Waals surface area contributed by atoms with E-state index < -0.39 is 17.2 Å². The highest BCUT2D eigenvalue weighted by molar-refractivity contribution is 9.10. The van der Waals surface area contributed by atoms with Gasteiger partial charge in [0.25, 0.3) is 0 Å². The van der Waals surface area contributed by atoms with Gasteiger partial charge in [0.15, 0.2) is 0 Å². The van der Waals surface area contributed by atoms with Gasteiger partial charge in [0.05, 0.1) is 9.89 Å². The topological polar surface area (TPSA) is 37.3 Å². The Morgan fingerprint density at radius 1 is 1.44 bits per heavy atom. The van der Waals surface area contributed by atoms with Crippen LogP contribution in [0.2, 0.25) is 0 Å². The zero-order valence-corrected chi connectivity index (χ0v) is 11.9. The van der Waals surface area contributed by atoms with E-state index >= 15 is 0 Å². The molecule has 0 saturated heterocycles. The van der Waals surface area contributed by atoms with Gasteiger partial charge in [-0.05, 0) is 46.8 Å². The summed E-state index contributed by atoms with van der Waals surface area (Å²) in [6.07, 6.45) is 3.51. The van der Waals surface area contributed by atoms with E-state index in [0.717, 1.165) is 24.8 Å². The summed E-state index contributed by atoms with van der Waals surface area (Å²) >= 11 is 3.19. The second kappa shape index (κ2) is 5.00. The fourth-order valence-electron chi connectivity index (χ4n) is 2.77. The predicted octanol–water partition coefficient (Wildman–Crippen LogP) is 4.05. The highest BCUT2D eigenvalue weighted by Gasteiger charge is 2.45. The second-order valence-electron chi connectivity index (χ2n) is 4.89.